The minimum atomic E-state index is 0.267. The van der Waals surface area contributed by atoms with Gasteiger partial charge in [0.2, 0.25) is 0 Å². The van der Waals surface area contributed by atoms with Crippen LogP contribution in [0.1, 0.15) is 110 Å². The van der Waals surface area contributed by atoms with Gasteiger partial charge in [-0.2, -0.15) is 0 Å². The average molecular weight is 384 g/mol. The van der Waals surface area contributed by atoms with Gasteiger partial charge in [0.05, 0.1) is 0 Å². The van der Waals surface area contributed by atoms with Gasteiger partial charge in [0.1, 0.15) is 0 Å². The molecule has 0 atom stereocenters. The minimum absolute atomic E-state index is 0.267. The van der Waals surface area contributed by atoms with Crippen LogP contribution in [-0.2, 0) is 0 Å². The zero-order valence-electron chi connectivity index (χ0n) is 18.3. The van der Waals surface area contributed by atoms with E-state index >= 15 is 0 Å². The van der Waals surface area contributed by atoms with Crippen LogP contribution in [0.2, 0.25) is 0 Å². The Balaban J connectivity index is 3.34. The molecule has 3 nitrogen and oxygen atoms in total. The van der Waals surface area contributed by atoms with E-state index in [1.165, 1.54) is 89.9 Å². The van der Waals surface area contributed by atoms with Gasteiger partial charge in [-0.05, 0) is 51.5 Å². The lowest BCUT2D eigenvalue weighted by Crippen LogP contribution is -2.28. The summed E-state index contributed by atoms with van der Waals surface area (Å²) in [6, 6.07) is 0. The van der Waals surface area contributed by atoms with Gasteiger partial charge in [-0.15, -0.1) is 0 Å². The van der Waals surface area contributed by atoms with Crippen LogP contribution in [0.4, 0.5) is 0 Å². The third kappa shape index (κ3) is 21.8. The van der Waals surface area contributed by atoms with Crippen molar-refractivity contribution in [1.29, 1.82) is 0 Å². The average Bonchev–Trinajstić information content (AvgIpc) is 2.69. The Morgan fingerprint density at radius 1 is 0.519 bits per heavy atom. The minimum Gasteiger partial charge on any atom is -0.396 e. The number of hydrogen-bond donors (Lipinski definition) is 2. The highest BCUT2D eigenvalue weighted by atomic mass is 16.3. The number of rotatable bonds is 22. The van der Waals surface area contributed by atoms with Gasteiger partial charge in [0.25, 0.3) is 0 Å². The Morgan fingerprint density at radius 3 is 1.41 bits per heavy atom. The molecule has 0 saturated carbocycles. The van der Waals surface area contributed by atoms with Crippen LogP contribution in [0.15, 0.2) is 12.2 Å². The molecule has 0 spiro atoms. The van der Waals surface area contributed by atoms with E-state index in [1.807, 2.05) is 0 Å². The van der Waals surface area contributed by atoms with Crippen molar-refractivity contribution in [3.63, 3.8) is 0 Å². The fourth-order valence-corrected chi connectivity index (χ4v) is 3.51. The normalized spacial score (nSPS) is 11.9. The van der Waals surface area contributed by atoms with Crippen LogP contribution >= 0.6 is 0 Å². The summed E-state index contributed by atoms with van der Waals surface area (Å²) < 4.78 is 0. The second-order valence-corrected chi connectivity index (χ2v) is 7.93. The van der Waals surface area contributed by atoms with Crippen molar-refractivity contribution in [3.8, 4) is 0 Å². The smallest absolute Gasteiger partial charge is 0.0443 e. The van der Waals surface area contributed by atoms with E-state index in [4.69, 9.17) is 10.2 Å². The first-order chi connectivity index (χ1) is 13.3. The predicted octanol–water partition coefficient (Wildman–Crippen LogP) is 6.09. The standard InChI is InChI=1S/C24H49NO2/c1-2-3-4-5-6-7-8-9-10-11-12-13-14-15-16-17-20-25(21-18-23-26)22-19-24-27/h9-10,26-27H,2-8,11-24H2,1H3. The molecule has 3 heteroatoms. The molecule has 0 radical (unpaired) electrons. The molecule has 0 aromatic rings. The van der Waals surface area contributed by atoms with Crippen molar-refractivity contribution in [2.24, 2.45) is 0 Å². The summed E-state index contributed by atoms with van der Waals surface area (Å²) in [5.74, 6) is 0. The summed E-state index contributed by atoms with van der Waals surface area (Å²) in [5.41, 5.74) is 0. The zero-order chi connectivity index (χ0) is 19.8. The molecule has 0 aliphatic carbocycles. The number of hydrogen-bond acceptors (Lipinski definition) is 3. The summed E-state index contributed by atoms with van der Waals surface area (Å²) in [4.78, 5) is 2.39. The lowest BCUT2D eigenvalue weighted by molar-refractivity contribution is 0.199. The second kappa shape index (κ2) is 23.7. The van der Waals surface area contributed by atoms with E-state index in [1.54, 1.807) is 0 Å². The van der Waals surface area contributed by atoms with E-state index in [0.29, 0.717) is 0 Å². The lowest BCUT2D eigenvalue weighted by Gasteiger charge is -2.21. The first-order valence-corrected chi connectivity index (χ1v) is 11.9. The maximum atomic E-state index is 8.97. The van der Waals surface area contributed by atoms with E-state index < -0.39 is 0 Å². The molecule has 0 rings (SSSR count). The Kier molecular flexibility index (Phi) is 23.3. The number of nitrogens with zero attached hydrogens (tertiary/aromatic N) is 1. The molecular weight excluding hydrogens is 334 g/mol. The molecular formula is C24H49NO2. The molecule has 0 saturated heterocycles. The summed E-state index contributed by atoms with van der Waals surface area (Å²) >= 11 is 0. The quantitative estimate of drug-likeness (QED) is 0.176. The molecule has 0 heterocycles. The largest absolute Gasteiger partial charge is 0.396 e. The molecule has 0 amide bonds. The van der Waals surface area contributed by atoms with Crippen molar-refractivity contribution < 1.29 is 10.2 Å². The topological polar surface area (TPSA) is 43.7 Å². The van der Waals surface area contributed by atoms with Gasteiger partial charge in [0.15, 0.2) is 0 Å². The highest BCUT2D eigenvalue weighted by Gasteiger charge is 2.03. The summed E-state index contributed by atoms with van der Waals surface area (Å²) in [5, 5.41) is 17.9. The van der Waals surface area contributed by atoms with Gasteiger partial charge in [-0.25, -0.2) is 0 Å². The van der Waals surface area contributed by atoms with Gasteiger partial charge in [-0.3, -0.25) is 0 Å². The van der Waals surface area contributed by atoms with Crippen LogP contribution < -0.4 is 0 Å². The second-order valence-electron chi connectivity index (χ2n) is 7.93. The van der Waals surface area contributed by atoms with Crippen molar-refractivity contribution in [2.75, 3.05) is 32.8 Å². The van der Waals surface area contributed by atoms with Gasteiger partial charge in [-0.1, -0.05) is 76.9 Å². The van der Waals surface area contributed by atoms with Crippen LogP contribution in [-0.4, -0.2) is 48.0 Å². The highest BCUT2D eigenvalue weighted by Crippen LogP contribution is 2.10. The van der Waals surface area contributed by atoms with Gasteiger partial charge in [0, 0.05) is 26.3 Å². The van der Waals surface area contributed by atoms with Crippen molar-refractivity contribution in [3.05, 3.63) is 12.2 Å². The molecule has 162 valence electrons. The third-order valence-electron chi connectivity index (χ3n) is 5.25. The molecule has 0 aliphatic rings. The Morgan fingerprint density at radius 2 is 0.926 bits per heavy atom. The van der Waals surface area contributed by atoms with Gasteiger partial charge >= 0.3 is 0 Å². The van der Waals surface area contributed by atoms with E-state index in [9.17, 15) is 0 Å². The number of unbranched alkanes of at least 4 members (excludes halogenated alkanes) is 12. The zero-order valence-corrected chi connectivity index (χ0v) is 18.3. The van der Waals surface area contributed by atoms with Crippen molar-refractivity contribution in [2.45, 2.75) is 110 Å². The lowest BCUT2D eigenvalue weighted by atomic mass is 10.1. The van der Waals surface area contributed by atoms with Crippen LogP contribution in [0.5, 0.6) is 0 Å². The Labute approximate surface area is 170 Å². The maximum absolute atomic E-state index is 8.97. The number of aliphatic hydroxyl groups is 2. The molecule has 27 heavy (non-hydrogen) atoms. The molecule has 0 aromatic carbocycles. The molecule has 0 aliphatic heterocycles. The van der Waals surface area contributed by atoms with Crippen molar-refractivity contribution in [1.82, 2.24) is 4.90 Å². The van der Waals surface area contributed by atoms with E-state index in [2.05, 4.69) is 24.0 Å². The molecule has 0 fully saturated rings. The van der Waals surface area contributed by atoms with Gasteiger partial charge < -0.3 is 15.1 Å². The first kappa shape index (κ1) is 26.6. The molecule has 0 aromatic heterocycles. The fraction of sp³-hybridized carbons (Fsp3) is 0.917. The molecule has 0 unspecified atom stereocenters. The summed E-state index contributed by atoms with van der Waals surface area (Å²) in [6.45, 7) is 5.84. The Hall–Kier alpha value is -0.380. The monoisotopic (exact) mass is 383 g/mol. The predicted molar refractivity (Wildman–Crippen MR) is 119 cm³/mol. The van der Waals surface area contributed by atoms with Crippen LogP contribution in [0, 0.1) is 0 Å². The third-order valence-corrected chi connectivity index (χ3v) is 5.25. The van der Waals surface area contributed by atoms with Crippen LogP contribution in [0.3, 0.4) is 0 Å². The number of allylic oxidation sites excluding steroid dienone is 2. The highest BCUT2D eigenvalue weighted by molar-refractivity contribution is 4.81. The molecule has 0 bridgehead atoms. The summed E-state index contributed by atoms with van der Waals surface area (Å²) in [6.07, 6.45) is 25.3. The maximum Gasteiger partial charge on any atom is 0.0443 e. The SMILES string of the molecule is CCCCCCCCC=CCCCCCCCCN(CCCO)CCCO. The van der Waals surface area contributed by atoms with Crippen LogP contribution in [0.25, 0.3) is 0 Å². The Bertz CT molecular complexity index is 286. The first-order valence-electron chi connectivity index (χ1n) is 11.9. The fourth-order valence-electron chi connectivity index (χ4n) is 3.51. The van der Waals surface area contributed by atoms with Crippen molar-refractivity contribution >= 4 is 0 Å². The van der Waals surface area contributed by atoms with E-state index in [-0.39, 0.29) is 13.2 Å². The van der Waals surface area contributed by atoms with E-state index in [0.717, 1.165) is 32.5 Å². The summed E-state index contributed by atoms with van der Waals surface area (Å²) in [7, 11) is 0. The molecule has 2 N–H and O–H groups in total. The number of aliphatic hydroxyl groups excluding tert-OH is 2.